The molecule has 21 nitrogen and oxygen atoms in total. The van der Waals surface area contributed by atoms with E-state index in [9.17, 15) is 53.4 Å². The third-order valence-electron chi connectivity index (χ3n) is 10.1. The van der Waals surface area contributed by atoms with E-state index in [0.717, 1.165) is 0 Å². The molecule has 10 N–H and O–H groups in total. The van der Waals surface area contributed by atoms with Gasteiger partial charge in [-0.05, 0) is 73.3 Å². The van der Waals surface area contributed by atoms with Crippen molar-refractivity contribution in [3.8, 4) is 0 Å². The van der Waals surface area contributed by atoms with Gasteiger partial charge in [0.25, 0.3) is 0 Å². The maximum absolute atomic E-state index is 13.6. The van der Waals surface area contributed by atoms with Gasteiger partial charge in [0.05, 0.1) is 25.3 Å². The van der Waals surface area contributed by atoms with Crippen LogP contribution in [0.4, 0.5) is 0 Å². The molecule has 21 heteroatoms. The van der Waals surface area contributed by atoms with Crippen LogP contribution in [0.3, 0.4) is 0 Å². The molecule has 3 heterocycles. The molecule has 3 saturated heterocycles. The lowest BCUT2D eigenvalue weighted by Gasteiger charge is -2.33. The normalized spacial score (nSPS) is 22.7. The Morgan fingerprint density at radius 3 is 1.75 bits per heavy atom. The van der Waals surface area contributed by atoms with Gasteiger partial charge in [-0.15, -0.1) is 0 Å². The smallest absolute Gasteiger partial charge is 0.246 e. The number of nitrogens with two attached hydrogens (primary N) is 1. The molecule has 0 bridgehead atoms. The summed E-state index contributed by atoms with van der Waals surface area (Å²) < 4.78 is 0. The summed E-state index contributed by atoms with van der Waals surface area (Å²) in [5.41, 5.74) is 5.25. The molecule has 3 fully saturated rings. The molecule has 0 radical (unpaired) electrons. The van der Waals surface area contributed by atoms with Gasteiger partial charge in [-0.2, -0.15) is 0 Å². The molecule has 308 valence electrons. The number of likely N-dealkylation sites (N-methyl/N-ethyl adjacent to an activating group) is 1. The minimum absolute atomic E-state index is 0.195. The second-order valence-corrected chi connectivity index (χ2v) is 14.2. The molecule has 55 heavy (non-hydrogen) atoms. The Hall–Kier alpha value is -4.89. The Labute approximate surface area is 319 Å². The highest BCUT2D eigenvalue weighted by Crippen LogP contribution is 2.26. The molecule has 3 aliphatic heterocycles. The van der Waals surface area contributed by atoms with E-state index in [1.807, 2.05) is 0 Å². The average molecular weight is 781 g/mol. The van der Waals surface area contributed by atoms with Crippen molar-refractivity contribution in [2.24, 2.45) is 5.73 Å². The van der Waals surface area contributed by atoms with Crippen molar-refractivity contribution in [3.63, 3.8) is 0 Å². The number of likely N-dealkylation sites (tertiary alicyclic amines) is 3. The summed E-state index contributed by atoms with van der Waals surface area (Å²) in [5.74, 6) is -6.02. The Kier molecular flexibility index (Phi) is 16.3. The van der Waals surface area contributed by atoms with Gasteiger partial charge in [-0.3, -0.25) is 43.2 Å². The van der Waals surface area contributed by atoms with Crippen LogP contribution >= 0.6 is 0 Å². The van der Waals surface area contributed by atoms with Crippen LogP contribution in [-0.4, -0.2) is 172 Å². The maximum atomic E-state index is 13.6. The van der Waals surface area contributed by atoms with E-state index >= 15 is 0 Å². The number of hydrogen-bond donors (Lipinski definition) is 9. The van der Waals surface area contributed by atoms with E-state index in [0.29, 0.717) is 45.1 Å². The van der Waals surface area contributed by atoms with Crippen LogP contribution in [0, 0.1) is 0 Å². The number of carbonyl (C=O) groups excluding carboxylic acids is 9. The van der Waals surface area contributed by atoms with Crippen LogP contribution in [0.1, 0.15) is 66.2 Å². The van der Waals surface area contributed by atoms with Gasteiger partial charge in [-0.1, -0.05) is 0 Å². The zero-order chi connectivity index (χ0) is 41.1. The maximum Gasteiger partial charge on any atom is 0.246 e. The lowest BCUT2D eigenvalue weighted by Crippen LogP contribution is -2.61. The van der Waals surface area contributed by atoms with Crippen LogP contribution < -0.4 is 37.6 Å². The molecule has 3 rings (SSSR count). The molecular weight excluding hydrogens is 724 g/mol. The zero-order valence-corrected chi connectivity index (χ0v) is 32.0. The highest BCUT2D eigenvalue weighted by molar-refractivity contribution is 5.98. The van der Waals surface area contributed by atoms with E-state index in [1.54, 1.807) is 14.0 Å². The lowest BCUT2D eigenvalue weighted by atomic mass is 10.1. The second-order valence-electron chi connectivity index (χ2n) is 14.2. The summed E-state index contributed by atoms with van der Waals surface area (Å²) in [4.78, 5) is 120. The predicted molar refractivity (Wildman–Crippen MR) is 193 cm³/mol. The van der Waals surface area contributed by atoms with Gasteiger partial charge in [0.15, 0.2) is 0 Å². The Morgan fingerprint density at radius 2 is 1.20 bits per heavy atom. The quantitative estimate of drug-likeness (QED) is 0.0668. The standard InChI is InChI=1S/C34H56N10O11/c1-17(27(35)48)38-30(51)23-10-7-13-43(23)34(55)24-11-8-14-44(24)33(54)19(3)39-31(52)26(20(4)46)41-28(49)21(16-45)40-25(47)15-37-29(50)22-9-6-12-42(22)32(53)18(2)36-5/h17-24,26,36,45-46H,6-16H2,1-5H3,(H2,35,48)(H,37,50)(H,38,51)(H,39,52)(H,40,47)(H,41,49)/t17-,18-,19-,20?,21-,22-,23-,24-,26-/m0/s1. The topological polar surface area (TPSA) is 302 Å². The van der Waals surface area contributed by atoms with E-state index in [4.69, 9.17) is 5.73 Å². The first-order valence-electron chi connectivity index (χ1n) is 18.6. The summed E-state index contributed by atoms with van der Waals surface area (Å²) in [6.07, 6.45) is 1.19. The molecular formula is C34H56N10O11. The highest BCUT2D eigenvalue weighted by Gasteiger charge is 2.44. The molecule has 9 amide bonds. The van der Waals surface area contributed by atoms with E-state index in [2.05, 4.69) is 31.9 Å². The number of aliphatic hydroxyl groups is 2. The number of nitrogens with one attached hydrogen (secondary N) is 6. The van der Waals surface area contributed by atoms with Gasteiger partial charge < -0.3 is 62.5 Å². The first-order valence-corrected chi connectivity index (χ1v) is 18.6. The number of hydrogen-bond acceptors (Lipinski definition) is 12. The van der Waals surface area contributed by atoms with Crippen molar-refractivity contribution in [3.05, 3.63) is 0 Å². The largest absolute Gasteiger partial charge is 0.394 e. The molecule has 0 saturated carbocycles. The van der Waals surface area contributed by atoms with Crippen LogP contribution in [0.5, 0.6) is 0 Å². The number of carbonyl (C=O) groups is 9. The van der Waals surface area contributed by atoms with Gasteiger partial charge in [-0.25, -0.2) is 0 Å². The summed E-state index contributed by atoms with van der Waals surface area (Å²) in [6.45, 7) is 5.02. The summed E-state index contributed by atoms with van der Waals surface area (Å²) in [6, 6.07) is -8.45. The van der Waals surface area contributed by atoms with Crippen molar-refractivity contribution in [2.75, 3.05) is 39.8 Å². The third kappa shape index (κ3) is 11.3. The number of aliphatic hydroxyl groups excluding tert-OH is 2. The fraction of sp³-hybridized carbons (Fsp3) is 0.735. The van der Waals surface area contributed by atoms with Crippen molar-refractivity contribution in [1.29, 1.82) is 0 Å². The Balaban J connectivity index is 1.56. The number of rotatable bonds is 17. The van der Waals surface area contributed by atoms with Crippen molar-refractivity contribution in [2.45, 2.75) is 121 Å². The van der Waals surface area contributed by atoms with Crippen LogP contribution in [0.2, 0.25) is 0 Å². The van der Waals surface area contributed by atoms with Crippen molar-refractivity contribution in [1.82, 2.24) is 46.6 Å². The molecule has 9 atom stereocenters. The minimum Gasteiger partial charge on any atom is -0.394 e. The van der Waals surface area contributed by atoms with Gasteiger partial charge >= 0.3 is 0 Å². The SMILES string of the molecule is CN[C@@H](C)C(=O)N1CCC[C@H]1C(=O)NCC(=O)N[C@@H](CO)C(=O)N[C@H](C(=O)N[C@@H](C)C(=O)N1CCC[C@H]1C(=O)N1CCC[C@H]1C(=O)N[C@@H](C)C(N)=O)C(C)O. The summed E-state index contributed by atoms with van der Waals surface area (Å²) in [5, 5.41) is 35.0. The van der Waals surface area contributed by atoms with Gasteiger partial charge in [0.2, 0.25) is 53.2 Å². The fourth-order valence-corrected chi connectivity index (χ4v) is 6.84. The molecule has 0 spiro atoms. The van der Waals surface area contributed by atoms with E-state index in [1.165, 1.54) is 35.5 Å². The molecule has 0 aromatic rings. The number of amides is 9. The number of nitrogens with zero attached hydrogens (tertiary/aromatic N) is 3. The van der Waals surface area contributed by atoms with Gasteiger partial charge in [0, 0.05) is 19.6 Å². The van der Waals surface area contributed by atoms with Crippen LogP contribution in [0.15, 0.2) is 0 Å². The van der Waals surface area contributed by atoms with E-state index < -0.39 is 115 Å². The van der Waals surface area contributed by atoms with Crippen LogP contribution in [-0.2, 0) is 43.2 Å². The Morgan fingerprint density at radius 1 is 0.673 bits per heavy atom. The van der Waals surface area contributed by atoms with Crippen molar-refractivity contribution < 1.29 is 53.4 Å². The Bertz CT molecular complexity index is 1480. The van der Waals surface area contributed by atoms with Crippen LogP contribution in [0.25, 0.3) is 0 Å². The summed E-state index contributed by atoms with van der Waals surface area (Å²) >= 11 is 0. The second kappa shape index (κ2) is 20.1. The molecule has 0 aromatic heterocycles. The first kappa shape index (κ1) is 44.5. The predicted octanol–water partition coefficient (Wildman–Crippen LogP) is -5.48. The molecule has 1 unspecified atom stereocenters. The first-order chi connectivity index (χ1) is 25.9. The fourth-order valence-electron chi connectivity index (χ4n) is 6.84. The highest BCUT2D eigenvalue weighted by atomic mass is 16.3. The average Bonchev–Trinajstić information content (AvgIpc) is 3.95. The number of primary amides is 1. The van der Waals surface area contributed by atoms with Crippen molar-refractivity contribution >= 4 is 53.2 Å². The molecule has 0 aromatic carbocycles. The summed E-state index contributed by atoms with van der Waals surface area (Å²) in [7, 11) is 1.62. The zero-order valence-electron chi connectivity index (χ0n) is 32.0. The lowest BCUT2D eigenvalue weighted by molar-refractivity contribution is -0.148. The molecule has 0 aliphatic carbocycles. The van der Waals surface area contributed by atoms with Gasteiger partial charge in [0.1, 0.15) is 42.3 Å². The van der Waals surface area contributed by atoms with E-state index in [-0.39, 0.29) is 19.0 Å². The monoisotopic (exact) mass is 780 g/mol. The molecule has 3 aliphatic rings. The third-order valence-corrected chi connectivity index (χ3v) is 10.1. The minimum atomic E-state index is -1.64.